The molecule has 7 nitrogen and oxygen atoms in total. The zero-order valence-electron chi connectivity index (χ0n) is 37.0. The van der Waals surface area contributed by atoms with E-state index < -0.39 is 45.7 Å². The molecule has 0 spiro atoms. The second kappa shape index (κ2) is 33.8. The second-order valence-electron chi connectivity index (χ2n) is 13.9. The van der Waals surface area contributed by atoms with Crippen LogP contribution in [0.3, 0.4) is 0 Å². The average molecular weight is 1260 g/mol. The zero-order valence-corrected chi connectivity index (χ0v) is 44.6. The Hall–Kier alpha value is -2.65. The molecule has 0 aromatic heterocycles. The molecular formula is C43H50BF10I2O7PS3. The molecule has 0 aliphatic rings. The van der Waals surface area contributed by atoms with E-state index in [1.54, 1.807) is 7.11 Å². The monoisotopic (exact) mass is 1260 g/mol. The minimum absolute atomic E-state index is 0. The Labute approximate surface area is 412 Å². The molecule has 1 N–H and O–H groups in total. The fourth-order valence-corrected chi connectivity index (χ4v) is 9.97. The van der Waals surface area contributed by atoms with Crippen molar-refractivity contribution in [1.82, 2.24) is 0 Å². The Bertz CT molecular complexity index is 2260. The molecular weight excluding hydrogens is 1210 g/mol. The number of alkyl halides is 6. The first-order valence-corrected chi connectivity index (χ1v) is 29.6. The fraction of sp³-hybridized carbons (Fsp3) is 0.302. The van der Waals surface area contributed by atoms with Gasteiger partial charge in [-0.15, -0.1) is 7.58 Å². The van der Waals surface area contributed by atoms with E-state index in [0.717, 1.165) is 17.6 Å². The van der Waals surface area contributed by atoms with Gasteiger partial charge in [0.25, 0.3) is 0 Å². The summed E-state index contributed by atoms with van der Waals surface area (Å²) in [5, 5.41) is 0. The third-order valence-electron chi connectivity index (χ3n) is 7.22. The van der Waals surface area contributed by atoms with Crippen LogP contribution in [0.1, 0.15) is 38.8 Å². The van der Waals surface area contributed by atoms with Crippen LogP contribution in [0.5, 0.6) is 5.75 Å². The predicted molar refractivity (Wildman–Crippen MR) is 237 cm³/mol. The van der Waals surface area contributed by atoms with Gasteiger partial charge in [-0.25, -0.2) is 12.6 Å². The van der Waals surface area contributed by atoms with E-state index in [9.17, 15) is 48.4 Å². The molecule has 5 rings (SSSR count). The van der Waals surface area contributed by atoms with Gasteiger partial charge >= 0.3 is 61.0 Å². The SMILES string of the molecule is CC(C)Cc1ccc([I+]c2ccc(CC(C)C)cc2)cc1.COc1cccc([I+]c2ccccc2)c1.C[S+](C)c1ccccc1.FB(F)F.O=S(=O)([O-])C(F)(F)F.O=S(O)(=P[O-])C(F)(F)F.[F-]. The zero-order chi connectivity index (χ0) is 50.7. The first-order valence-electron chi connectivity index (χ1n) is 18.9. The number of hydrogen-bond donors (Lipinski definition) is 1. The lowest BCUT2D eigenvalue weighted by molar-refractivity contribution is -0.597. The van der Waals surface area contributed by atoms with Crippen molar-refractivity contribution >= 4 is 45.5 Å². The first kappa shape index (κ1) is 66.4. The highest BCUT2D eigenvalue weighted by Crippen LogP contribution is 2.26. The van der Waals surface area contributed by atoms with Gasteiger partial charge in [-0.05, 0) is 96.5 Å². The van der Waals surface area contributed by atoms with Crippen molar-refractivity contribution in [2.24, 2.45) is 11.8 Å². The van der Waals surface area contributed by atoms with E-state index in [-0.39, 0.29) is 47.1 Å². The number of halogens is 12. The van der Waals surface area contributed by atoms with Crippen LogP contribution in [-0.2, 0) is 43.2 Å². The van der Waals surface area contributed by atoms with Crippen molar-refractivity contribution in [3.63, 3.8) is 0 Å². The number of ether oxygens (including phenoxy) is 1. The highest BCUT2D eigenvalue weighted by molar-refractivity contribution is 8.20. The van der Waals surface area contributed by atoms with Gasteiger partial charge in [-0.3, -0.25) is 12.9 Å². The van der Waals surface area contributed by atoms with Gasteiger partial charge in [0, 0.05) is 17.0 Å². The Balaban J connectivity index is 0. The molecule has 0 amide bonds. The van der Waals surface area contributed by atoms with Crippen molar-refractivity contribution < 1.29 is 118 Å². The Morgan fingerprint density at radius 1 is 0.642 bits per heavy atom. The van der Waals surface area contributed by atoms with Crippen molar-refractivity contribution in [1.29, 1.82) is 0 Å². The maximum absolute atomic E-state index is 11.1. The summed E-state index contributed by atoms with van der Waals surface area (Å²) in [4.78, 5) is 10.8. The van der Waals surface area contributed by atoms with E-state index in [0.29, 0.717) is 10.9 Å². The van der Waals surface area contributed by atoms with Gasteiger partial charge in [0.05, 0.1) is 7.11 Å². The maximum Gasteiger partial charge on any atom is 0.762 e. The normalized spacial score (nSPS) is 11.9. The van der Waals surface area contributed by atoms with Gasteiger partial charge in [0.1, 0.15) is 18.3 Å². The van der Waals surface area contributed by atoms with Crippen molar-refractivity contribution in [3.05, 3.63) is 159 Å². The van der Waals surface area contributed by atoms with Crippen LogP contribution in [-0.4, -0.2) is 59.9 Å². The lowest BCUT2D eigenvalue weighted by Crippen LogP contribution is -3.61. The average Bonchev–Trinajstić information content (AvgIpc) is 3.22. The number of hydrogen-bond acceptors (Lipinski definition) is 6. The first-order chi connectivity index (χ1) is 30.5. The number of methoxy groups -OCH3 is 1. The van der Waals surface area contributed by atoms with Gasteiger partial charge in [-0.2, -0.15) is 26.3 Å². The third-order valence-corrected chi connectivity index (χ3v) is 16.4. The minimum atomic E-state index is -6.09. The van der Waals surface area contributed by atoms with E-state index in [1.807, 2.05) is 6.07 Å². The summed E-state index contributed by atoms with van der Waals surface area (Å²) < 4.78 is 150. The molecule has 0 bridgehead atoms. The smallest absolute Gasteiger partial charge is 0.762 e. The molecule has 1 unspecified atom stereocenters. The van der Waals surface area contributed by atoms with Crippen LogP contribution < -0.4 is 56.7 Å². The second-order valence-corrected chi connectivity index (χ2v) is 27.0. The van der Waals surface area contributed by atoms with E-state index in [2.05, 4.69) is 168 Å². The summed E-state index contributed by atoms with van der Waals surface area (Å²) in [6.07, 6.45) is 6.83. The molecule has 0 saturated carbocycles. The molecule has 1 atom stereocenters. The summed E-state index contributed by atoms with van der Waals surface area (Å²) in [5.74, 6) is 2.42. The topological polar surface area (TPSA) is 127 Å². The largest absolute Gasteiger partial charge is 1.00 e. The van der Waals surface area contributed by atoms with E-state index in [4.69, 9.17) is 22.3 Å². The van der Waals surface area contributed by atoms with Crippen LogP contribution in [0.4, 0.5) is 39.3 Å². The standard InChI is InChI=1S/C20H26I.C13H12IO.C8H11S.CHF3O3PS.CHF3O3S.BF3.FH/c1-15(2)13-17-5-9-19(10-6-17)21-20-11-7-18(8-12-20)14-16(3)4;1-15-13-9-5-8-12(10-13)14-11-6-3-2-4-7-11;1-9(2)8-6-4-3-5-7-8;2-1(3,4)9(6,7)8-5;2-1(3,4)8(5,6)7;2-1(3)4;/h5-12,15-16H,13-14H2,1-4H3;2-10H,1H3;3-7H,1-2H3;(H-,5,6,7);(H,5,6,7);;1H/q3*+1;-1;;;/p-2. The number of benzene rings is 5. The molecule has 0 radical (unpaired) electrons. The summed E-state index contributed by atoms with van der Waals surface area (Å²) in [6.45, 7) is 9.11. The van der Waals surface area contributed by atoms with Crippen LogP contribution in [0.2, 0.25) is 0 Å². The maximum atomic E-state index is 11.1. The van der Waals surface area contributed by atoms with Crippen LogP contribution in [0.25, 0.3) is 0 Å². The van der Waals surface area contributed by atoms with E-state index in [1.165, 1.54) is 43.1 Å². The molecule has 5 aromatic carbocycles. The third kappa shape index (κ3) is 32.0. The molecule has 374 valence electrons. The van der Waals surface area contributed by atoms with Gasteiger partial charge in [-0.1, -0.05) is 94.4 Å². The van der Waals surface area contributed by atoms with Crippen LogP contribution >= 0.6 is 7.58 Å². The highest BCUT2D eigenvalue weighted by Gasteiger charge is 2.39. The molecule has 67 heavy (non-hydrogen) atoms. The summed E-state index contributed by atoms with van der Waals surface area (Å²) >= 11 is -0.113. The number of rotatable bonds is 10. The van der Waals surface area contributed by atoms with E-state index >= 15 is 0 Å². The van der Waals surface area contributed by atoms with Gasteiger partial charge < -0.3 is 23.4 Å². The van der Waals surface area contributed by atoms with Gasteiger partial charge in [0.2, 0.25) is 0 Å². The van der Waals surface area contributed by atoms with Crippen molar-refractivity contribution in [2.45, 2.75) is 56.4 Å². The Morgan fingerprint density at radius 3 is 1.27 bits per heavy atom. The lowest BCUT2D eigenvalue weighted by Gasteiger charge is -2.08. The molecule has 0 heterocycles. The van der Waals surface area contributed by atoms with Crippen LogP contribution in [0, 0.1) is 26.1 Å². The molecule has 0 fully saturated rings. The Kier molecular flexibility index (Phi) is 33.5. The van der Waals surface area contributed by atoms with Crippen molar-refractivity contribution in [3.8, 4) is 5.75 Å². The lowest BCUT2D eigenvalue weighted by atomic mass is 10.0. The molecule has 5 aromatic rings. The molecule has 24 heteroatoms. The van der Waals surface area contributed by atoms with Gasteiger partial charge in [0.15, 0.2) is 38.7 Å². The summed E-state index contributed by atoms with van der Waals surface area (Å²) in [7, 11) is -14.6. The minimum Gasteiger partial charge on any atom is -1.00 e. The highest BCUT2D eigenvalue weighted by atomic mass is 127. The molecule has 0 aliphatic heterocycles. The Morgan fingerprint density at radius 2 is 0.985 bits per heavy atom. The molecule has 0 saturated heterocycles. The summed E-state index contributed by atoms with van der Waals surface area (Å²) in [6, 6.07) is 48.0. The van der Waals surface area contributed by atoms with Crippen molar-refractivity contribution in [2.75, 3.05) is 19.6 Å². The summed E-state index contributed by atoms with van der Waals surface area (Å²) in [5.41, 5.74) is -8.02. The molecule has 0 aliphatic carbocycles. The fourth-order valence-electron chi connectivity index (χ4n) is 4.43. The quantitative estimate of drug-likeness (QED) is 0.0433. The predicted octanol–water partition coefficient (Wildman–Crippen LogP) is 2.29. The van der Waals surface area contributed by atoms with Crippen LogP contribution in [0.15, 0.2) is 138 Å².